The summed E-state index contributed by atoms with van der Waals surface area (Å²) in [5.41, 5.74) is 0.671. The molecule has 4 nitrogen and oxygen atoms in total. The van der Waals surface area contributed by atoms with Crippen molar-refractivity contribution in [1.82, 2.24) is 19.6 Å². The Hall–Kier alpha value is -0.160. The molecule has 0 spiro atoms. The van der Waals surface area contributed by atoms with Crippen molar-refractivity contribution in [2.75, 3.05) is 58.9 Å². The van der Waals surface area contributed by atoms with Crippen LogP contribution in [0, 0.1) is 5.92 Å². The number of hydrogen-bond acceptors (Lipinski definition) is 4. The minimum atomic E-state index is 0.329. The second-order valence-corrected chi connectivity index (χ2v) is 10.7. The van der Waals surface area contributed by atoms with Crippen LogP contribution in [0.3, 0.4) is 0 Å². The Morgan fingerprint density at radius 1 is 0.680 bits per heavy atom. The average Bonchev–Trinajstić information content (AvgIpc) is 3.16. The number of hydrogen-bond donors (Lipinski definition) is 0. The fourth-order valence-corrected chi connectivity index (χ4v) is 4.99. The topological polar surface area (TPSA) is 13.0 Å². The van der Waals surface area contributed by atoms with Crippen LogP contribution in [0.25, 0.3) is 0 Å². The average molecular weight is 351 g/mol. The largest absolute Gasteiger partial charge is 0.301 e. The second kappa shape index (κ2) is 7.46. The van der Waals surface area contributed by atoms with Gasteiger partial charge in [-0.15, -0.1) is 0 Å². The van der Waals surface area contributed by atoms with Gasteiger partial charge in [0.1, 0.15) is 0 Å². The molecular formula is C21H42N4. The zero-order chi connectivity index (χ0) is 18.2. The highest BCUT2D eigenvalue weighted by atomic mass is 15.3. The summed E-state index contributed by atoms with van der Waals surface area (Å²) < 4.78 is 0. The summed E-state index contributed by atoms with van der Waals surface area (Å²) in [6, 6.07) is 0.808. The Kier molecular flexibility index (Phi) is 5.85. The first-order valence-electron chi connectivity index (χ1n) is 10.6. The van der Waals surface area contributed by atoms with Crippen LogP contribution in [0.2, 0.25) is 0 Å². The Morgan fingerprint density at radius 3 is 1.88 bits per heavy atom. The van der Waals surface area contributed by atoms with Crippen LogP contribution < -0.4 is 0 Å². The van der Waals surface area contributed by atoms with Crippen molar-refractivity contribution in [3.05, 3.63) is 0 Å². The van der Waals surface area contributed by atoms with Crippen LogP contribution in [-0.4, -0.2) is 95.6 Å². The van der Waals surface area contributed by atoms with E-state index in [0.29, 0.717) is 11.1 Å². The second-order valence-electron chi connectivity index (χ2n) is 10.7. The molecule has 0 amide bonds. The van der Waals surface area contributed by atoms with E-state index < -0.39 is 0 Å². The van der Waals surface area contributed by atoms with Crippen LogP contribution >= 0.6 is 0 Å². The van der Waals surface area contributed by atoms with E-state index in [9.17, 15) is 0 Å². The first kappa shape index (κ1) is 19.6. The van der Waals surface area contributed by atoms with Crippen molar-refractivity contribution < 1.29 is 0 Å². The molecule has 0 aromatic carbocycles. The summed E-state index contributed by atoms with van der Waals surface area (Å²) in [7, 11) is 0. The number of piperazine rings is 1. The molecule has 0 bridgehead atoms. The fraction of sp³-hybridized carbons (Fsp3) is 1.00. The van der Waals surface area contributed by atoms with Crippen molar-refractivity contribution in [2.24, 2.45) is 5.92 Å². The van der Waals surface area contributed by atoms with Crippen molar-refractivity contribution >= 4 is 0 Å². The van der Waals surface area contributed by atoms with Gasteiger partial charge in [0.2, 0.25) is 0 Å². The third-order valence-electron chi connectivity index (χ3n) is 6.78. The SMILES string of the molecule is CC(C)(C)N1CCN(C2CCN(CC3CCN(C(C)(C)C)C3)C2)CC1. The van der Waals surface area contributed by atoms with Crippen LogP contribution in [-0.2, 0) is 0 Å². The van der Waals surface area contributed by atoms with Gasteiger partial charge in [-0.1, -0.05) is 0 Å². The van der Waals surface area contributed by atoms with Crippen molar-refractivity contribution in [2.45, 2.75) is 71.5 Å². The zero-order valence-electron chi connectivity index (χ0n) is 17.7. The molecule has 0 aromatic rings. The predicted molar refractivity (Wildman–Crippen MR) is 107 cm³/mol. The third kappa shape index (κ3) is 4.97. The molecule has 2 unspecified atom stereocenters. The molecule has 0 saturated carbocycles. The molecule has 3 fully saturated rings. The van der Waals surface area contributed by atoms with Crippen LogP contribution in [0.5, 0.6) is 0 Å². The van der Waals surface area contributed by atoms with Gasteiger partial charge >= 0.3 is 0 Å². The smallest absolute Gasteiger partial charge is 0.0236 e. The summed E-state index contributed by atoms with van der Waals surface area (Å²) >= 11 is 0. The maximum atomic E-state index is 2.78. The highest BCUT2D eigenvalue weighted by Crippen LogP contribution is 2.27. The lowest BCUT2D eigenvalue weighted by molar-refractivity contribution is 0.0433. The van der Waals surface area contributed by atoms with E-state index in [1.165, 1.54) is 71.7 Å². The maximum absolute atomic E-state index is 2.78. The molecule has 4 heteroatoms. The molecular weight excluding hydrogens is 308 g/mol. The lowest BCUT2D eigenvalue weighted by atomic mass is 10.0. The van der Waals surface area contributed by atoms with E-state index in [2.05, 4.69) is 61.1 Å². The molecule has 146 valence electrons. The Labute approximate surface area is 156 Å². The number of nitrogens with zero attached hydrogens (tertiary/aromatic N) is 4. The number of rotatable bonds is 3. The quantitative estimate of drug-likeness (QED) is 0.775. The van der Waals surface area contributed by atoms with E-state index in [4.69, 9.17) is 0 Å². The van der Waals surface area contributed by atoms with Gasteiger partial charge in [0.05, 0.1) is 0 Å². The highest BCUT2D eigenvalue weighted by molar-refractivity contribution is 4.91. The Bertz CT molecular complexity index is 428. The Morgan fingerprint density at radius 2 is 1.32 bits per heavy atom. The summed E-state index contributed by atoms with van der Waals surface area (Å²) in [6.45, 7) is 25.7. The maximum Gasteiger partial charge on any atom is 0.0236 e. The molecule has 0 aliphatic carbocycles. The highest BCUT2D eigenvalue weighted by Gasteiger charge is 2.35. The minimum Gasteiger partial charge on any atom is -0.301 e. The fourth-order valence-electron chi connectivity index (χ4n) is 4.99. The van der Waals surface area contributed by atoms with Crippen molar-refractivity contribution in [3.63, 3.8) is 0 Å². The molecule has 0 N–H and O–H groups in total. The molecule has 25 heavy (non-hydrogen) atoms. The van der Waals surface area contributed by atoms with Gasteiger partial charge < -0.3 is 4.90 Å². The molecule has 2 atom stereocenters. The van der Waals surface area contributed by atoms with Gasteiger partial charge in [-0.2, -0.15) is 0 Å². The first-order chi connectivity index (χ1) is 11.6. The van der Waals surface area contributed by atoms with Gasteiger partial charge in [0, 0.05) is 62.9 Å². The summed E-state index contributed by atoms with van der Waals surface area (Å²) in [4.78, 5) is 10.9. The predicted octanol–water partition coefficient (Wildman–Crippen LogP) is 2.60. The molecule has 3 aliphatic rings. The van der Waals surface area contributed by atoms with Gasteiger partial charge in [-0.25, -0.2) is 0 Å². The standard InChI is InChI=1S/C21H42N4/c1-20(2,3)24-13-11-23(12-14-24)19-8-9-22(17-19)15-18-7-10-25(16-18)21(4,5)6/h18-19H,7-17H2,1-6H3. The van der Waals surface area contributed by atoms with E-state index >= 15 is 0 Å². The molecule has 3 saturated heterocycles. The zero-order valence-corrected chi connectivity index (χ0v) is 17.7. The van der Waals surface area contributed by atoms with Crippen molar-refractivity contribution in [1.29, 1.82) is 0 Å². The summed E-state index contributed by atoms with van der Waals surface area (Å²) in [6.07, 6.45) is 2.77. The third-order valence-corrected chi connectivity index (χ3v) is 6.78. The molecule has 3 rings (SSSR count). The van der Waals surface area contributed by atoms with E-state index in [-0.39, 0.29) is 0 Å². The van der Waals surface area contributed by atoms with Crippen LogP contribution in [0.4, 0.5) is 0 Å². The van der Waals surface area contributed by atoms with E-state index in [0.717, 1.165) is 12.0 Å². The summed E-state index contributed by atoms with van der Waals surface area (Å²) in [5.74, 6) is 0.885. The Balaban J connectivity index is 1.41. The van der Waals surface area contributed by atoms with Gasteiger partial charge in [0.15, 0.2) is 0 Å². The molecule has 0 aromatic heterocycles. The minimum absolute atomic E-state index is 0.329. The monoisotopic (exact) mass is 350 g/mol. The van der Waals surface area contributed by atoms with E-state index in [1.54, 1.807) is 0 Å². The lowest BCUT2D eigenvalue weighted by Gasteiger charge is -2.44. The van der Waals surface area contributed by atoms with Crippen LogP contribution in [0.15, 0.2) is 0 Å². The molecule has 3 heterocycles. The van der Waals surface area contributed by atoms with Gasteiger partial charge in [-0.3, -0.25) is 14.7 Å². The van der Waals surface area contributed by atoms with Gasteiger partial charge in [0.25, 0.3) is 0 Å². The lowest BCUT2D eigenvalue weighted by Crippen LogP contribution is -2.56. The first-order valence-corrected chi connectivity index (χ1v) is 10.6. The van der Waals surface area contributed by atoms with Gasteiger partial charge in [-0.05, 0) is 73.4 Å². The van der Waals surface area contributed by atoms with E-state index in [1.807, 2.05) is 0 Å². The van der Waals surface area contributed by atoms with Crippen LogP contribution in [0.1, 0.15) is 54.4 Å². The molecule has 0 radical (unpaired) electrons. The summed E-state index contributed by atoms with van der Waals surface area (Å²) in [5, 5.41) is 0. The normalized spacial score (nSPS) is 31.9. The van der Waals surface area contributed by atoms with Crippen molar-refractivity contribution in [3.8, 4) is 0 Å². The molecule has 3 aliphatic heterocycles. The number of likely N-dealkylation sites (tertiary alicyclic amines) is 2.